The van der Waals surface area contributed by atoms with Crippen LogP contribution in [0.5, 0.6) is 0 Å². The van der Waals surface area contributed by atoms with Crippen LogP contribution in [0.3, 0.4) is 0 Å². The lowest BCUT2D eigenvalue weighted by Crippen LogP contribution is -2.48. The predicted octanol–water partition coefficient (Wildman–Crippen LogP) is 1.69. The molecular formula is C14H24N2O2. The second-order valence-electron chi connectivity index (χ2n) is 5.59. The molecule has 4 nitrogen and oxygen atoms in total. The standard InChI is InChI=1S/C14H24N2O2/c1-16(12-9-5-6-10-15-13(12)17)14(18)11-7-3-2-4-8-11/h11-12H,2-10H2,1H3,(H,15,17)/t12-/m0/s1. The molecule has 0 spiro atoms. The molecule has 1 atom stereocenters. The Morgan fingerprint density at radius 2 is 1.78 bits per heavy atom. The van der Waals surface area contributed by atoms with Crippen LogP contribution in [0, 0.1) is 5.92 Å². The summed E-state index contributed by atoms with van der Waals surface area (Å²) < 4.78 is 0. The molecule has 1 aliphatic heterocycles. The zero-order valence-electron chi connectivity index (χ0n) is 11.3. The fraction of sp³-hybridized carbons (Fsp3) is 0.857. The largest absolute Gasteiger partial charge is 0.354 e. The number of rotatable bonds is 2. The van der Waals surface area contributed by atoms with Crippen molar-refractivity contribution in [2.45, 2.75) is 57.4 Å². The Morgan fingerprint density at radius 1 is 1.11 bits per heavy atom. The summed E-state index contributed by atoms with van der Waals surface area (Å²) >= 11 is 0. The highest BCUT2D eigenvalue weighted by Crippen LogP contribution is 2.26. The van der Waals surface area contributed by atoms with Gasteiger partial charge in [-0.25, -0.2) is 0 Å². The molecule has 18 heavy (non-hydrogen) atoms. The van der Waals surface area contributed by atoms with Crippen molar-refractivity contribution in [2.24, 2.45) is 5.92 Å². The van der Waals surface area contributed by atoms with Gasteiger partial charge in [-0.05, 0) is 32.1 Å². The second kappa shape index (κ2) is 6.21. The van der Waals surface area contributed by atoms with Crippen molar-refractivity contribution in [3.8, 4) is 0 Å². The van der Waals surface area contributed by atoms with Crippen LogP contribution in [-0.4, -0.2) is 36.3 Å². The van der Waals surface area contributed by atoms with Crippen molar-refractivity contribution in [1.82, 2.24) is 10.2 Å². The highest BCUT2D eigenvalue weighted by Gasteiger charge is 2.32. The third kappa shape index (κ3) is 3.03. The molecule has 0 bridgehead atoms. The molecule has 1 saturated heterocycles. The van der Waals surface area contributed by atoms with Gasteiger partial charge in [-0.1, -0.05) is 19.3 Å². The van der Waals surface area contributed by atoms with Crippen molar-refractivity contribution < 1.29 is 9.59 Å². The summed E-state index contributed by atoms with van der Waals surface area (Å²) in [6, 6.07) is -0.248. The molecule has 1 N–H and O–H groups in total. The molecule has 0 aromatic heterocycles. The van der Waals surface area contributed by atoms with Gasteiger partial charge in [0.25, 0.3) is 0 Å². The minimum atomic E-state index is -0.248. The van der Waals surface area contributed by atoms with E-state index in [1.807, 2.05) is 0 Å². The second-order valence-corrected chi connectivity index (χ2v) is 5.59. The highest BCUT2D eigenvalue weighted by atomic mass is 16.2. The zero-order chi connectivity index (χ0) is 13.0. The predicted molar refractivity (Wildman–Crippen MR) is 70.0 cm³/mol. The Hall–Kier alpha value is -1.06. The van der Waals surface area contributed by atoms with E-state index in [4.69, 9.17) is 0 Å². The van der Waals surface area contributed by atoms with E-state index in [2.05, 4.69) is 5.32 Å². The minimum absolute atomic E-state index is 0.0270. The van der Waals surface area contributed by atoms with Crippen LogP contribution in [0.1, 0.15) is 51.4 Å². The van der Waals surface area contributed by atoms with Crippen LogP contribution in [0.4, 0.5) is 0 Å². The lowest BCUT2D eigenvalue weighted by Gasteiger charge is -2.31. The van der Waals surface area contributed by atoms with Gasteiger partial charge in [0.05, 0.1) is 0 Å². The van der Waals surface area contributed by atoms with E-state index in [-0.39, 0.29) is 23.8 Å². The normalized spacial score (nSPS) is 26.3. The molecule has 1 heterocycles. The number of carbonyl (C=O) groups is 2. The van der Waals surface area contributed by atoms with Gasteiger partial charge >= 0.3 is 0 Å². The smallest absolute Gasteiger partial charge is 0.242 e. The lowest BCUT2D eigenvalue weighted by atomic mass is 9.88. The van der Waals surface area contributed by atoms with Gasteiger partial charge < -0.3 is 10.2 Å². The van der Waals surface area contributed by atoms with Crippen molar-refractivity contribution in [2.75, 3.05) is 13.6 Å². The summed E-state index contributed by atoms with van der Waals surface area (Å²) in [5.41, 5.74) is 0. The average molecular weight is 252 g/mol. The number of hydrogen-bond acceptors (Lipinski definition) is 2. The quantitative estimate of drug-likeness (QED) is 0.813. The maximum atomic E-state index is 12.4. The van der Waals surface area contributed by atoms with Crippen molar-refractivity contribution in [3.63, 3.8) is 0 Å². The summed E-state index contributed by atoms with van der Waals surface area (Å²) in [5, 5.41) is 2.90. The van der Waals surface area contributed by atoms with Gasteiger partial charge in [0, 0.05) is 19.5 Å². The number of likely N-dealkylation sites (N-methyl/N-ethyl adjacent to an activating group) is 1. The Labute approximate surface area is 109 Å². The fourth-order valence-electron chi connectivity index (χ4n) is 3.08. The maximum absolute atomic E-state index is 12.4. The molecule has 102 valence electrons. The molecule has 2 fully saturated rings. The van der Waals surface area contributed by atoms with E-state index in [9.17, 15) is 9.59 Å². The molecule has 2 aliphatic rings. The third-order valence-electron chi connectivity index (χ3n) is 4.28. The van der Waals surface area contributed by atoms with Crippen LogP contribution >= 0.6 is 0 Å². The van der Waals surface area contributed by atoms with Crippen LogP contribution in [-0.2, 0) is 9.59 Å². The van der Waals surface area contributed by atoms with Gasteiger partial charge in [0.1, 0.15) is 6.04 Å². The zero-order valence-corrected chi connectivity index (χ0v) is 11.3. The van der Waals surface area contributed by atoms with Gasteiger partial charge in [-0.2, -0.15) is 0 Å². The first-order chi connectivity index (χ1) is 8.70. The summed E-state index contributed by atoms with van der Waals surface area (Å²) in [7, 11) is 1.80. The number of amides is 2. The van der Waals surface area contributed by atoms with Crippen LogP contribution in [0.25, 0.3) is 0 Å². The molecule has 0 aromatic rings. The summed E-state index contributed by atoms with van der Waals surface area (Å²) in [4.78, 5) is 26.0. The molecule has 1 saturated carbocycles. The molecule has 0 radical (unpaired) electrons. The van der Waals surface area contributed by atoms with Crippen LogP contribution in [0.15, 0.2) is 0 Å². The van der Waals surface area contributed by atoms with E-state index in [1.165, 1.54) is 6.42 Å². The molecule has 2 amide bonds. The molecule has 1 aliphatic carbocycles. The highest BCUT2D eigenvalue weighted by molar-refractivity contribution is 5.88. The first-order valence-corrected chi connectivity index (χ1v) is 7.24. The van der Waals surface area contributed by atoms with E-state index in [0.717, 1.165) is 51.5 Å². The maximum Gasteiger partial charge on any atom is 0.242 e. The SMILES string of the molecule is CN(C(=O)C1CCCCC1)[C@H]1CCCCNC1=O. The topological polar surface area (TPSA) is 49.4 Å². The Balaban J connectivity index is 1.97. The number of nitrogens with zero attached hydrogens (tertiary/aromatic N) is 1. The van der Waals surface area contributed by atoms with Crippen LogP contribution < -0.4 is 5.32 Å². The van der Waals surface area contributed by atoms with Gasteiger partial charge in [-0.15, -0.1) is 0 Å². The first kappa shape index (κ1) is 13.4. The monoisotopic (exact) mass is 252 g/mol. The Kier molecular flexibility index (Phi) is 4.61. The van der Waals surface area contributed by atoms with Crippen molar-refractivity contribution >= 4 is 11.8 Å². The molecule has 2 rings (SSSR count). The minimum Gasteiger partial charge on any atom is -0.354 e. The van der Waals surface area contributed by atoms with E-state index >= 15 is 0 Å². The number of carbonyl (C=O) groups excluding carboxylic acids is 2. The number of nitrogens with one attached hydrogen (secondary N) is 1. The van der Waals surface area contributed by atoms with Gasteiger partial charge in [0.15, 0.2) is 0 Å². The average Bonchev–Trinajstić information content (AvgIpc) is 2.63. The summed E-state index contributed by atoms with van der Waals surface area (Å²) in [5.74, 6) is 0.357. The van der Waals surface area contributed by atoms with E-state index < -0.39 is 0 Å². The molecular weight excluding hydrogens is 228 g/mol. The summed E-state index contributed by atoms with van der Waals surface area (Å²) in [6.45, 7) is 0.751. The fourth-order valence-corrected chi connectivity index (χ4v) is 3.08. The van der Waals surface area contributed by atoms with Crippen molar-refractivity contribution in [3.05, 3.63) is 0 Å². The Bertz CT molecular complexity index is 311. The van der Waals surface area contributed by atoms with Crippen LogP contribution in [0.2, 0.25) is 0 Å². The first-order valence-electron chi connectivity index (χ1n) is 7.24. The van der Waals surface area contributed by atoms with E-state index in [1.54, 1.807) is 11.9 Å². The lowest BCUT2D eigenvalue weighted by molar-refractivity contribution is -0.142. The Morgan fingerprint density at radius 3 is 2.50 bits per heavy atom. The molecule has 0 aromatic carbocycles. The van der Waals surface area contributed by atoms with Gasteiger partial charge in [-0.3, -0.25) is 9.59 Å². The van der Waals surface area contributed by atoms with E-state index in [0.29, 0.717) is 0 Å². The van der Waals surface area contributed by atoms with Gasteiger partial charge in [0.2, 0.25) is 11.8 Å². The van der Waals surface area contributed by atoms with Crippen molar-refractivity contribution in [1.29, 1.82) is 0 Å². The number of hydrogen-bond donors (Lipinski definition) is 1. The summed E-state index contributed by atoms with van der Waals surface area (Å²) in [6.07, 6.45) is 8.40. The molecule has 0 unspecified atom stereocenters. The molecule has 4 heteroatoms. The third-order valence-corrected chi connectivity index (χ3v) is 4.28.